The highest BCUT2D eigenvalue weighted by Crippen LogP contribution is 2.33. The van der Waals surface area contributed by atoms with Crippen molar-refractivity contribution in [2.45, 2.75) is 32.0 Å². The molecule has 1 aromatic rings. The number of halogens is 1. The van der Waals surface area contributed by atoms with Gasteiger partial charge in [-0.15, -0.1) is 0 Å². The molecular formula is C14H21ClN2S. The number of rotatable bonds is 3. The van der Waals surface area contributed by atoms with Crippen molar-refractivity contribution < 1.29 is 0 Å². The summed E-state index contributed by atoms with van der Waals surface area (Å²) in [6, 6.07) is 8.92. The molecule has 2 N–H and O–H groups in total. The molecule has 3 atom stereocenters. The first-order valence-corrected chi connectivity index (χ1v) is 7.98. The molecule has 0 spiro atoms. The monoisotopic (exact) mass is 284 g/mol. The molecule has 1 heterocycles. The van der Waals surface area contributed by atoms with Crippen LogP contribution in [0.15, 0.2) is 24.3 Å². The molecule has 100 valence electrons. The van der Waals surface area contributed by atoms with Crippen LogP contribution in [0.4, 0.5) is 0 Å². The molecule has 1 aliphatic heterocycles. The molecule has 2 nitrogen and oxygen atoms in total. The molecule has 1 fully saturated rings. The predicted molar refractivity (Wildman–Crippen MR) is 81.3 cm³/mol. The third kappa shape index (κ3) is 3.02. The summed E-state index contributed by atoms with van der Waals surface area (Å²) in [5.41, 5.74) is 7.38. The fourth-order valence-corrected chi connectivity index (χ4v) is 3.92. The van der Waals surface area contributed by atoms with E-state index in [4.69, 9.17) is 17.3 Å². The Labute approximate surface area is 119 Å². The second kappa shape index (κ2) is 6.29. The summed E-state index contributed by atoms with van der Waals surface area (Å²) in [5.74, 6) is 2.35. The van der Waals surface area contributed by atoms with Gasteiger partial charge in [0, 0.05) is 35.2 Å². The smallest absolute Gasteiger partial charge is 0.0514 e. The molecule has 1 aliphatic rings. The van der Waals surface area contributed by atoms with Gasteiger partial charge in [0.25, 0.3) is 0 Å². The zero-order valence-electron chi connectivity index (χ0n) is 11.0. The zero-order valence-corrected chi connectivity index (χ0v) is 12.5. The number of thioether (sulfide) groups is 1. The summed E-state index contributed by atoms with van der Waals surface area (Å²) in [4.78, 5) is 2.50. The highest BCUT2D eigenvalue weighted by molar-refractivity contribution is 7.99. The van der Waals surface area contributed by atoms with Crippen LogP contribution in [0.25, 0.3) is 0 Å². The Kier molecular flexibility index (Phi) is 4.96. The fraction of sp³-hybridized carbons (Fsp3) is 0.571. The number of nitrogens with two attached hydrogens (primary N) is 1. The predicted octanol–water partition coefficient (Wildman–Crippen LogP) is 3.17. The second-order valence-corrected chi connectivity index (χ2v) is 6.54. The molecule has 0 bridgehead atoms. The fourth-order valence-electron chi connectivity index (χ4n) is 2.63. The van der Waals surface area contributed by atoms with Crippen LogP contribution in [0.1, 0.15) is 25.5 Å². The van der Waals surface area contributed by atoms with E-state index < -0.39 is 0 Å². The van der Waals surface area contributed by atoms with Gasteiger partial charge >= 0.3 is 0 Å². The molecule has 18 heavy (non-hydrogen) atoms. The zero-order chi connectivity index (χ0) is 13.1. The molecule has 0 saturated carbocycles. The van der Waals surface area contributed by atoms with Crippen molar-refractivity contribution in [2.24, 2.45) is 5.73 Å². The van der Waals surface area contributed by atoms with Gasteiger partial charge in [-0.2, -0.15) is 11.8 Å². The maximum absolute atomic E-state index is 6.34. The lowest BCUT2D eigenvalue weighted by molar-refractivity contribution is 0.144. The van der Waals surface area contributed by atoms with Gasteiger partial charge in [0.2, 0.25) is 0 Å². The summed E-state index contributed by atoms with van der Waals surface area (Å²) in [6.07, 6.45) is 0. The molecule has 1 aromatic carbocycles. The Morgan fingerprint density at radius 2 is 2.17 bits per heavy atom. The van der Waals surface area contributed by atoms with Gasteiger partial charge in [0.05, 0.1) is 6.04 Å². The molecule has 0 amide bonds. The third-order valence-corrected chi connectivity index (χ3v) is 5.03. The minimum atomic E-state index is 0.0791. The quantitative estimate of drug-likeness (QED) is 0.924. The van der Waals surface area contributed by atoms with Crippen LogP contribution >= 0.6 is 23.4 Å². The van der Waals surface area contributed by atoms with E-state index in [1.54, 1.807) is 0 Å². The van der Waals surface area contributed by atoms with Crippen molar-refractivity contribution in [2.75, 3.05) is 18.1 Å². The number of nitrogens with zero attached hydrogens (tertiary/aromatic N) is 1. The van der Waals surface area contributed by atoms with Gasteiger partial charge in [0.1, 0.15) is 0 Å². The average Bonchev–Trinajstić information content (AvgIpc) is 2.34. The Balaban J connectivity index is 2.31. The largest absolute Gasteiger partial charge is 0.326 e. The van der Waals surface area contributed by atoms with Gasteiger partial charge in [-0.05, 0) is 25.5 Å². The van der Waals surface area contributed by atoms with E-state index in [9.17, 15) is 0 Å². The Morgan fingerprint density at radius 1 is 1.44 bits per heavy atom. The highest BCUT2D eigenvalue weighted by Gasteiger charge is 2.30. The van der Waals surface area contributed by atoms with Crippen molar-refractivity contribution in [1.29, 1.82) is 0 Å². The number of hydrogen-bond donors (Lipinski definition) is 1. The van der Waals surface area contributed by atoms with Gasteiger partial charge in [-0.1, -0.05) is 29.8 Å². The first kappa shape index (κ1) is 14.2. The summed E-state index contributed by atoms with van der Waals surface area (Å²) in [5, 5.41) is 0.824. The lowest BCUT2D eigenvalue weighted by Gasteiger charge is -2.41. The molecule has 0 aliphatic carbocycles. The Hall–Kier alpha value is -0.220. The van der Waals surface area contributed by atoms with E-state index in [1.165, 1.54) is 11.5 Å². The minimum Gasteiger partial charge on any atom is -0.326 e. The van der Waals surface area contributed by atoms with Crippen LogP contribution in [0.2, 0.25) is 5.02 Å². The third-order valence-electron chi connectivity index (χ3n) is 3.50. The lowest BCUT2D eigenvalue weighted by atomic mass is 9.97. The van der Waals surface area contributed by atoms with Gasteiger partial charge in [0.15, 0.2) is 0 Å². The van der Waals surface area contributed by atoms with Crippen LogP contribution in [0.3, 0.4) is 0 Å². The van der Waals surface area contributed by atoms with Crippen LogP contribution in [-0.2, 0) is 0 Å². The van der Waals surface area contributed by atoms with Gasteiger partial charge in [-0.3, -0.25) is 4.90 Å². The Morgan fingerprint density at radius 3 is 2.78 bits per heavy atom. The molecule has 3 unspecified atom stereocenters. The lowest BCUT2D eigenvalue weighted by Crippen LogP contribution is -2.48. The van der Waals surface area contributed by atoms with Crippen LogP contribution in [0, 0.1) is 0 Å². The van der Waals surface area contributed by atoms with E-state index in [1.807, 2.05) is 30.0 Å². The average molecular weight is 285 g/mol. The normalized spacial score (nSPS) is 24.8. The van der Waals surface area contributed by atoms with E-state index in [0.717, 1.165) is 17.1 Å². The first-order chi connectivity index (χ1) is 8.61. The number of hydrogen-bond acceptors (Lipinski definition) is 3. The first-order valence-electron chi connectivity index (χ1n) is 6.44. The van der Waals surface area contributed by atoms with E-state index >= 15 is 0 Å². The molecule has 4 heteroatoms. The summed E-state index contributed by atoms with van der Waals surface area (Å²) in [6.45, 7) is 5.43. The molecular weight excluding hydrogens is 264 g/mol. The maximum Gasteiger partial charge on any atom is 0.0514 e. The molecule has 0 aromatic heterocycles. The summed E-state index contributed by atoms with van der Waals surface area (Å²) in [7, 11) is 0. The highest BCUT2D eigenvalue weighted by atomic mass is 35.5. The summed E-state index contributed by atoms with van der Waals surface area (Å²) >= 11 is 8.36. The van der Waals surface area contributed by atoms with Crippen LogP contribution < -0.4 is 5.73 Å². The van der Waals surface area contributed by atoms with Crippen LogP contribution in [0.5, 0.6) is 0 Å². The SMILES string of the molecule is CC(N)C(c1ccccc1Cl)N1CCSCC1C. The topological polar surface area (TPSA) is 29.3 Å². The molecule has 1 saturated heterocycles. The maximum atomic E-state index is 6.34. The van der Waals surface area contributed by atoms with Crippen LogP contribution in [-0.4, -0.2) is 35.0 Å². The van der Waals surface area contributed by atoms with E-state index in [0.29, 0.717) is 6.04 Å². The molecule has 2 rings (SSSR count). The second-order valence-electron chi connectivity index (χ2n) is 4.99. The van der Waals surface area contributed by atoms with Crippen molar-refractivity contribution in [1.82, 2.24) is 4.90 Å². The van der Waals surface area contributed by atoms with Crippen molar-refractivity contribution in [3.63, 3.8) is 0 Å². The minimum absolute atomic E-state index is 0.0791. The van der Waals surface area contributed by atoms with Crippen molar-refractivity contribution >= 4 is 23.4 Å². The Bertz CT molecular complexity index is 397. The van der Waals surface area contributed by atoms with Crippen molar-refractivity contribution in [3.8, 4) is 0 Å². The van der Waals surface area contributed by atoms with Gasteiger partial charge < -0.3 is 5.73 Å². The standard InChI is InChI=1S/C14H21ClN2S/c1-10-9-18-8-7-17(10)14(11(2)16)12-5-3-4-6-13(12)15/h3-6,10-11,14H,7-9,16H2,1-2H3. The number of benzene rings is 1. The van der Waals surface area contributed by atoms with E-state index in [2.05, 4.69) is 24.8 Å². The summed E-state index contributed by atoms with van der Waals surface area (Å²) < 4.78 is 0. The molecule has 0 radical (unpaired) electrons. The van der Waals surface area contributed by atoms with Gasteiger partial charge in [-0.25, -0.2) is 0 Å². The van der Waals surface area contributed by atoms with Crippen molar-refractivity contribution in [3.05, 3.63) is 34.9 Å². The van der Waals surface area contributed by atoms with E-state index in [-0.39, 0.29) is 12.1 Å².